The van der Waals surface area contributed by atoms with Crippen LogP contribution in [0, 0.1) is 5.92 Å². The molecule has 0 atom stereocenters. The molecule has 0 aliphatic carbocycles. The summed E-state index contributed by atoms with van der Waals surface area (Å²) >= 11 is 0. The highest BCUT2D eigenvalue weighted by Crippen LogP contribution is 2.06. The highest BCUT2D eigenvalue weighted by Gasteiger charge is 2.04. The van der Waals surface area contributed by atoms with E-state index in [2.05, 4.69) is 37.4 Å². The summed E-state index contributed by atoms with van der Waals surface area (Å²) < 4.78 is 7.39. The van der Waals surface area contributed by atoms with Gasteiger partial charge in [-0.1, -0.05) is 20.8 Å². The molecule has 1 rings (SSSR count). The zero-order chi connectivity index (χ0) is 12.7. The monoisotopic (exact) mass is 239 g/mol. The lowest BCUT2D eigenvalue weighted by molar-refractivity contribution is 0.111. The van der Waals surface area contributed by atoms with Crippen molar-refractivity contribution < 1.29 is 4.74 Å². The highest BCUT2D eigenvalue weighted by atomic mass is 16.5. The standard InChI is InChI=1S/C13H25N3O/c1-5-13-12(9-16(4)15-13)8-14-6-7-17-10-11(2)3/h9,11,14H,5-8,10H2,1-4H3. The number of nitrogens with one attached hydrogen (secondary N) is 1. The number of hydrogen-bond donors (Lipinski definition) is 1. The fraction of sp³-hybridized carbons (Fsp3) is 0.769. The molecular formula is C13H25N3O. The second kappa shape index (κ2) is 7.45. The second-order valence-electron chi connectivity index (χ2n) is 4.77. The quantitative estimate of drug-likeness (QED) is 0.702. The topological polar surface area (TPSA) is 39.1 Å². The third-order valence-corrected chi connectivity index (χ3v) is 2.52. The van der Waals surface area contributed by atoms with Crippen LogP contribution >= 0.6 is 0 Å². The lowest BCUT2D eigenvalue weighted by Gasteiger charge is -2.07. The maximum absolute atomic E-state index is 5.51. The Morgan fingerprint density at radius 1 is 1.47 bits per heavy atom. The van der Waals surface area contributed by atoms with E-state index in [1.807, 2.05) is 11.7 Å². The van der Waals surface area contributed by atoms with Crippen LogP contribution in [0.4, 0.5) is 0 Å². The minimum absolute atomic E-state index is 0.611. The third-order valence-electron chi connectivity index (χ3n) is 2.52. The van der Waals surface area contributed by atoms with Crippen LogP contribution in [0.25, 0.3) is 0 Å². The number of hydrogen-bond acceptors (Lipinski definition) is 3. The molecule has 0 aromatic carbocycles. The molecule has 0 fully saturated rings. The average molecular weight is 239 g/mol. The van der Waals surface area contributed by atoms with E-state index >= 15 is 0 Å². The summed E-state index contributed by atoms with van der Waals surface area (Å²) in [5.74, 6) is 0.611. The Morgan fingerprint density at radius 3 is 2.88 bits per heavy atom. The molecule has 1 heterocycles. The molecule has 0 spiro atoms. The summed E-state index contributed by atoms with van der Waals surface area (Å²) in [5, 5.41) is 7.80. The number of nitrogens with zero attached hydrogens (tertiary/aromatic N) is 2. The third kappa shape index (κ3) is 5.33. The maximum atomic E-state index is 5.51. The van der Waals surface area contributed by atoms with Gasteiger partial charge in [0.25, 0.3) is 0 Å². The number of ether oxygens (including phenoxy) is 1. The van der Waals surface area contributed by atoms with Crippen molar-refractivity contribution in [2.24, 2.45) is 13.0 Å². The normalized spacial score (nSPS) is 11.4. The molecule has 0 aliphatic heterocycles. The smallest absolute Gasteiger partial charge is 0.0666 e. The lowest BCUT2D eigenvalue weighted by atomic mass is 10.2. The van der Waals surface area contributed by atoms with E-state index < -0.39 is 0 Å². The number of rotatable bonds is 8. The Balaban J connectivity index is 2.17. The van der Waals surface area contributed by atoms with Gasteiger partial charge in [-0.2, -0.15) is 5.10 Å². The number of aryl methyl sites for hydroxylation is 2. The molecule has 17 heavy (non-hydrogen) atoms. The van der Waals surface area contributed by atoms with Gasteiger partial charge < -0.3 is 10.1 Å². The van der Waals surface area contributed by atoms with Crippen LogP contribution < -0.4 is 5.32 Å². The van der Waals surface area contributed by atoms with Crippen molar-refractivity contribution in [1.29, 1.82) is 0 Å². The summed E-state index contributed by atoms with van der Waals surface area (Å²) in [7, 11) is 1.97. The molecule has 1 aromatic rings. The van der Waals surface area contributed by atoms with Crippen LogP contribution in [-0.2, 0) is 24.8 Å². The van der Waals surface area contributed by atoms with E-state index in [0.717, 1.165) is 32.7 Å². The van der Waals surface area contributed by atoms with Gasteiger partial charge in [-0.15, -0.1) is 0 Å². The van der Waals surface area contributed by atoms with E-state index in [9.17, 15) is 0 Å². The van der Waals surface area contributed by atoms with Crippen molar-refractivity contribution in [1.82, 2.24) is 15.1 Å². The van der Waals surface area contributed by atoms with Gasteiger partial charge in [0.15, 0.2) is 0 Å². The van der Waals surface area contributed by atoms with Crippen molar-refractivity contribution in [2.45, 2.75) is 33.7 Å². The summed E-state index contributed by atoms with van der Waals surface area (Å²) in [6.45, 7) is 9.85. The molecule has 0 unspecified atom stereocenters. The highest BCUT2D eigenvalue weighted by molar-refractivity contribution is 5.16. The van der Waals surface area contributed by atoms with Crippen LogP contribution in [0.15, 0.2) is 6.20 Å². The molecule has 0 saturated heterocycles. The Labute approximate surface area is 104 Å². The van der Waals surface area contributed by atoms with E-state index in [0.29, 0.717) is 5.92 Å². The fourth-order valence-corrected chi connectivity index (χ4v) is 1.72. The van der Waals surface area contributed by atoms with Crippen LogP contribution in [0.2, 0.25) is 0 Å². The largest absolute Gasteiger partial charge is 0.380 e. The lowest BCUT2D eigenvalue weighted by Crippen LogP contribution is -2.20. The van der Waals surface area contributed by atoms with Gasteiger partial charge in [0, 0.05) is 38.5 Å². The molecule has 0 bridgehead atoms. The summed E-state index contributed by atoms with van der Waals surface area (Å²) in [5.41, 5.74) is 2.47. The minimum atomic E-state index is 0.611. The van der Waals surface area contributed by atoms with Gasteiger partial charge in [-0.3, -0.25) is 4.68 Å². The van der Waals surface area contributed by atoms with Gasteiger partial charge >= 0.3 is 0 Å². The SMILES string of the molecule is CCc1nn(C)cc1CNCCOCC(C)C. The van der Waals surface area contributed by atoms with Crippen LogP contribution in [0.3, 0.4) is 0 Å². The summed E-state index contributed by atoms with van der Waals surface area (Å²) in [6, 6.07) is 0. The predicted molar refractivity (Wildman–Crippen MR) is 69.9 cm³/mol. The molecule has 0 amide bonds. The van der Waals surface area contributed by atoms with Crippen molar-refractivity contribution in [2.75, 3.05) is 19.8 Å². The Hall–Kier alpha value is -0.870. The van der Waals surface area contributed by atoms with Crippen molar-refractivity contribution in [3.05, 3.63) is 17.5 Å². The summed E-state index contributed by atoms with van der Waals surface area (Å²) in [4.78, 5) is 0. The molecule has 0 saturated carbocycles. The first-order chi connectivity index (χ1) is 8.13. The first-order valence-electron chi connectivity index (χ1n) is 6.43. The van der Waals surface area contributed by atoms with Gasteiger partial charge in [0.2, 0.25) is 0 Å². The van der Waals surface area contributed by atoms with Gasteiger partial charge in [0.1, 0.15) is 0 Å². The minimum Gasteiger partial charge on any atom is -0.380 e. The van der Waals surface area contributed by atoms with Gasteiger partial charge in [-0.25, -0.2) is 0 Å². The van der Waals surface area contributed by atoms with Gasteiger partial charge in [-0.05, 0) is 12.3 Å². The predicted octanol–water partition coefficient (Wildman–Crippen LogP) is 1.74. The zero-order valence-corrected chi connectivity index (χ0v) is 11.5. The van der Waals surface area contributed by atoms with E-state index in [1.54, 1.807) is 0 Å². The van der Waals surface area contributed by atoms with Crippen LogP contribution in [0.5, 0.6) is 0 Å². The van der Waals surface area contributed by atoms with E-state index in [4.69, 9.17) is 4.74 Å². The molecule has 0 radical (unpaired) electrons. The van der Waals surface area contributed by atoms with Crippen LogP contribution in [-0.4, -0.2) is 29.5 Å². The zero-order valence-electron chi connectivity index (χ0n) is 11.5. The molecule has 98 valence electrons. The van der Waals surface area contributed by atoms with Gasteiger partial charge in [0.05, 0.1) is 12.3 Å². The molecule has 4 heteroatoms. The van der Waals surface area contributed by atoms with E-state index in [1.165, 1.54) is 11.3 Å². The fourth-order valence-electron chi connectivity index (χ4n) is 1.72. The van der Waals surface area contributed by atoms with Crippen molar-refractivity contribution >= 4 is 0 Å². The molecule has 1 aromatic heterocycles. The molecule has 4 nitrogen and oxygen atoms in total. The Morgan fingerprint density at radius 2 is 2.24 bits per heavy atom. The van der Waals surface area contributed by atoms with Crippen molar-refractivity contribution in [3.63, 3.8) is 0 Å². The average Bonchev–Trinajstić information content (AvgIpc) is 2.63. The Kier molecular flexibility index (Phi) is 6.22. The van der Waals surface area contributed by atoms with Crippen molar-refractivity contribution in [3.8, 4) is 0 Å². The first-order valence-corrected chi connectivity index (χ1v) is 6.43. The summed E-state index contributed by atoms with van der Waals surface area (Å²) in [6.07, 6.45) is 3.07. The molecular weight excluding hydrogens is 214 g/mol. The first kappa shape index (κ1) is 14.2. The van der Waals surface area contributed by atoms with E-state index in [-0.39, 0.29) is 0 Å². The molecule has 0 aliphatic rings. The Bertz CT molecular complexity index is 320. The molecule has 1 N–H and O–H groups in total. The maximum Gasteiger partial charge on any atom is 0.0666 e. The number of aromatic nitrogens is 2. The second-order valence-corrected chi connectivity index (χ2v) is 4.77. The van der Waals surface area contributed by atoms with Crippen LogP contribution in [0.1, 0.15) is 32.0 Å².